The number of halogens is 1. The lowest BCUT2D eigenvalue weighted by Crippen LogP contribution is -2.19. The SMILES string of the molecule is Cc1ccc(Nc2cc(=O)n(C)c3ccp(Cc4ccccc4)c(=O)c23)c(F)c1. The number of aryl methyl sites for hydroxylation is 2. The van der Waals surface area contributed by atoms with Gasteiger partial charge in [0.15, 0.2) is 0 Å². The first-order chi connectivity index (χ1) is 13.9. The normalized spacial score (nSPS) is 11.6. The zero-order chi connectivity index (χ0) is 20.5. The van der Waals surface area contributed by atoms with Crippen LogP contribution in [-0.2, 0) is 13.2 Å². The zero-order valence-electron chi connectivity index (χ0n) is 16.1. The van der Waals surface area contributed by atoms with Gasteiger partial charge in [0.05, 0.1) is 22.3 Å². The maximum atomic E-state index is 14.4. The van der Waals surface area contributed by atoms with E-state index < -0.39 is 13.4 Å². The van der Waals surface area contributed by atoms with E-state index in [-0.39, 0.29) is 16.4 Å². The first-order valence-corrected chi connectivity index (χ1v) is 10.8. The van der Waals surface area contributed by atoms with Gasteiger partial charge in [0.2, 0.25) is 5.16 Å². The standard InChI is InChI=1S/C23H20FN2O2P/c1-15-8-9-18(17(24)12-15)25-19-13-21(27)26(2)20-10-11-29(23(28)22(19)20)14-16-6-4-3-5-7-16/h3-13,25H,14H2,1-2H3. The third-order valence-corrected chi connectivity index (χ3v) is 6.92. The van der Waals surface area contributed by atoms with E-state index in [1.54, 1.807) is 26.1 Å². The predicted molar refractivity (Wildman–Crippen MR) is 118 cm³/mol. The summed E-state index contributed by atoms with van der Waals surface area (Å²) < 4.78 is 15.8. The Balaban J connectivity index is 1.89. The minimum atomic E-state index is -1.09. The molecule has 0 radical (unpaired) electrons. The Bertz CT molecular complexity index is 1330. The van der Waals surface area contributed by atoms with Crippen molar-refractivity contribution in [2.45, 2.75) is 13.1 Å². The van der Waals surface area contributed by atoms with Crippen molar-refractivity contribution in [3.05, 3.63) is 104 Å². The molecule has 0 saturated heterocycles. The third-order valence-electron chi connectivity index (χ3n) is 4.96. The molecule has 0 spiro atoms. The first kappa shape index (κ1) is 19.2. The molecular formula is C23H20FN2O2P. The van der Waals surface area contributed by atoms with Crippen LogP contribution in [0.15, 0.2) is 76.1 Å². The van der Waals surface area contributed by atoms with Crippen molar-refractivity contribution in [2.24, 2.45) is 7.05 Å². The molecule has 2 heterocycles. The van der Waals surface area contributed by atoms with E-state index in [9.17, 15) is 14.0 Å². The molecule has 0 fully saturated rings. The summed E-state index contributed by atoms with van der Waals surface area (Å²) >= 11 is 0. The zero-order valence-corrected chi connectivity index (χ0v) is 17.0. The molecule has 4 aromatic rings. The highest BCUT2D eigenvalue weighted by Crippen LogP contribution is 2.32. The molecule has 0 aliphatic heterocycles. The van der Waals surface area contributed by atoms with Crippen molar-refractivity contribution in [1.29, 1.82) is 0 Å². The first-order valence-electron chi connectivity index (χ1n) is 9.24. The lowest BCUT2D eigenvalue weighted by Gasteiger charge is -2.14. The second kappa shape index (κ2) is 7.69. The molecule has 0 saturated carbocycles. The maximum absolute atomic E-state index is 14.4. The Morgan fingerprint density at radius 3 is 2.48 bits per heavy atom. The molecule has 2 aromatic heterocycles. The summed E-state index contributed by atoms with van der Waals surface area (Å²) in [7, 11) is 0.549. The van der Waals surface area contributed by atoms with Crippen molar-refractivity contribution >= 4 is 29.8 Å². The van der Waals surface area contributed by atoms with Crippen LogP contribution in [0.25, 0.3) is 10.9 Å². The van der Waals surface area contributed by atoms with Crippen LogP contribution in [0.5, 0.6) is 0 Å². The fourth-order valence-electron chi connectivity index (χ4n) is 3.38. The minimum absolute atomic E-state index is 0.0213. The lowest BCUT2D eigenvalue weighted by atomic mass is 10.2. The van der Waals surface area contributed by atoms with Crippen molar-refractivity contribution in [2.75, 3.05) is 5.32 Å². The predicted octanol–water partition coefficient (Wildman–Crippen LogP) is 5.12. The van der Waals surface area contributed by atoms with Crippen LogP contribution in [0.3, 0.4) is 0 Å². The van der Waals surface area contributed by atoms with E-state index in [0.717, 1.165) is 11.1 Å². The second-order valence-electron chi connectivity index (χ2n) is 7.06. The topological polar surface area (TPSA) is 51.1 Å². The number of nitrogens with one attached hydrogen (secondary N) is 1. The molecule has 0 bridgehead atoms. The molecule has 1 atom stereocenters. The summed E-state index contributed by atoms with van der Waals surface area (Å²) in [4.78, 5) is 25.8. The van der Waals surface area contributed by atoms with Gasteiger partial charge in [-0.2, -0.15) is 0 Å². The number of benzene rings is 2. The Morgan fingerprint density at radius 1 is 1.00 bits per heavy atom. The summed E-state index contributed by atoms with van der Waals surface area (Å²) in [6.45, 7) is 1.80. The summed E-state index contributed by atoms with van der Waals surface area (Å²) in [5, 5.41) is 3.40. The molecule has 1 unspecified atom stereocenters. The Kier molecular flexibility index (Phi) is 5.08. The molecule has 1 N–H and O–H groups in total. The summed E-state index contributed by atoms with van der Waals surface area (Å²) in [6.07, 6.45) is 0.631. The van der Waals surface area contributed by atoms with Crippen LogP contribution in [-0.4, -0.2) is 4.57 Å². The molecule has 0 aliphatic rings. The van der Waals surface area contributed by atoms with Crippen LogP contribution in [0.2, 0.25) is 0 Å². The number of nitrogens with zero attached hydrogens (tertiary/aromatic N) is 1. The molecular weight excluding hydrogens is 386 g/mol. The average Bonchev–Trinajstić information content (AvgIpc) is 2.70. The van der Waals surface area contributed by atoms with E-state index in [2.05, 4.69) is 5.32 Å². The van der Waals surface area contributed by atoms with Gasteiger partial charge in [-0.05, 0) is 42.0 Å². The average molecular weight is 406 g/mol. The quantitative estimate of drug-likeness (QED) is 0.512. The van der Waals surface area contributed by atoms with E-state index in [1.807, 2.05) is 42.2 Å². The van der Waals surface area contributed by atoms with Gasteiger partial charge in [-0.3, -0.25) is 9.59 Å². The van der Waals surface area contributed by atoms with E-state index in [4.69, 9.17) is 0 Å². The highest BCUT2D eigenvalue weighted by atomic mass is 31.1. The van der Waals surface area contributed by atoms with E-state index >= 15 is 0 Å². The van der Waals surface area contributed by atoms with E-state index in [0.29, 0.717) is 22.8 Å². The van der Waals surface area contributed by atoms with E-state index in [1.165, 1.54) is 16.7 Å². The van der Waals surface area contributed by atoms with Crippen molar-refractivity contribution in [3.8, 4) is 0 Å². The second-order valence-corrected chi connectivity index (χ2v) is 9.02. The van der Waals surface area contributed by atoms with Gasteiger partial charge >= 0.3 is 0 Å². The Labute approximate surface area is 168 Å². The van der Waals surface area contributed by atoms with Crippen LogP contribution < -0.4 is 16.0 Å². The minimum Gasteiger partial charge on any atom is -0.352 e. The summed E-state index contributed by atoms with van der Waals surface area (Å²) in [5.74, 6) is 1.48. The molecule has 0 aliphatic carbocycles. The summed E-state index contributed by atoms with van der Waals surface area (Å²) in [6, 6.07) is 17.9. The van der Waals surface area contributed by atoms with Crippen LogP contribution in [0, 0.1) is 12.7 Å². The number of fused-ring (bicyclic) bond motifs is 1. The summed E-state index contributed by atoms with van der Waals surface area (Å²) in [5.41, 5.74) is 2.75. The van der Waals surface area contributed by atoms with Gasteiger partial charge in [0.1, 0.15) is 5.82 Å². The molecule has 2 aromatic carbocycles. The molecule has 29 heavy (non-hydrogen) atoms. The van der Waals surface area contributed by atoms with Gasteiger partial charge in [-0.25, -0.2) is 4.39 Å². The number of aromatic nitrogens is 1. The fourth-order valence-corrected chi connectivity index (χ4v) is 5.21. The largest absolute Gasteiger partial charge is 0.352 e. The number of hydrogen-bond donors (Lipinski definition) is 1. The molecule has 4 rings (SSSR count). The van der Waals surface area contributed by atoms with Crippen molar-refractivity contribution in [1.82, 2.24) is 4.57 Å². The molecule has 0 amide bonds. The van der Waals surface area contributed by atoms with Gasteiger partial charge in [0, 0.05) is 19.3 Å². The fraction of sp³-hybridized carbons (Fsp3) is 0.130. The van der Waals surface area contributed by atoms with Crippen LogP contribution in [0.4, 0.5) is 15.8 Å². The van der Waals surface area contributed by atoms with Gasteiger partial charge < -0.3 is 9.88 Å². The highest BCUT2D eigenvalue weighted by molar-refractivity contribution is 7.47. The molecule has 6 heteroatoms. The van der Waals surface area contributed by atoms with Crippen molar-refractivity contribution < 1.29 is 4.39 Å². The van der Waals surface area contributed by atoms with Gasteiger partial charge in [-0.1, -0.05) is 43.9 Å². The Morgan fingerprint density at radius 2 is 1.76 bits per heavy atom. The smallest absolute Gasteiger partial charge is 0.252 e. The molecule has 146 valence electrons. The van der Waals surface area contributed by atoms with Crippen LogP contribution in [0.1, 0.15) is 11.1 Å². The Hall–Kier alpha value is -3.17. The van der Waals surface area contributed by atoms with Gasteiger partial charge in [0.25, 0.3) is 5.56 Å². The monoisotopic (exact) mass is 406 g/mol. The number of anilines is 2. The van der Waals surface area contributed by atoms with Gasteiger partial charge in [-0.15, -0.1) is 0 Å². The van der Waals surface area contributed by atoms with Crippen LogP contribution >= 0.6 is 7.53 Å². The maximum Gasteiger partial charge on any atom is 0.252 e. The lowest BCUT2D eigenvalue weighted by molar-refractivity contribution is 0.631. The number of hydrogen-bond acceptors (Lipinski definition) is 3. The highest BCUT2D eigenvalue weighted by Gasteiger charge is 2.14. The number of rotatable bonds is 4. The number of pyridine rings is 1. The third kappa shape index (κ3) is 3.74. The molecule has 4 nitrogen and oxygen atoms in total. The van der Waals surface area contributed by atoms with Crippen molar-refractivity contribution in [3.63, 3.8) is 0 Å².